The van der Waals surface area contributed by atoms with Crippen molar-refractivity contribution in [1.29, 1.82) is 0 Å². The predicted molar refractivity (Wildman–Crippen MR) is 73.6 cm³/mol. The van der Waals surface area contributed by atoms with Crippen LogP contribution in [-0.4, -0.2) is 0 Å². The van der Waals surface area contributed by atoms with Crippen molar-refractivity contribution < 1.29 is 0 Å². The average molecular weight is 230 g/mol. The Hall–Kier alpha value is -0.980. The lowest BCUT2D eigenvalue weighted by atomic mass is 9.99. The fourth-order valence-electron chi connectivity index (χ4n) is 2.62. The second kappa shape index (κ2) is 7.37. The molecule has 1 aliphatic heterocycles. The van der Waals surface area contributed by atoms with E-state index in [-0.39, 0.29) is 0 Å². The standard InChI is InChI=1S/C16H24N/c1-2-4-6-8-11-15(12-9-7-5-3-1)16-13-10-14-17-16/h10-11,13-14H,1-9,12H2/b15-11-. The maximum atomic E-state index is 4.44. The van der Waals surface area contributed by atoms with Crippen LogP contribution in [0.2, 0.25) is 0 Å². The summed E-state index contributed by atoms with van der Waals surface area (Å²) >= 11 is 0. The Morgan fingerprint density at radius 2 is 1.53 bits per heavy atom. The van der Waals surface area contributed by atoms with E-state index in [4.69, 9.17) is 0 Å². The van der Waals surface area contributed by atoms with Crippen molar-refractivity contribution in [1.82, 2.24) is 5.32 Å². The van der Waals surface area contributed by atoms with Gasteiger partial charge in [0.25, 0.3) is 0 Å². The summed E-state index contributed by atoms with van der Waals surface area (Å²) in [6.07, 6.45) is 22.2. The van der Waals surface area contributed by atoms with Gasteiger partial charge in [-0.1, -0.05) is 44.6 Å². The third-order valence-electron chi connectivity index (χ3n) is 3.67. The van der Waals surface area contributed by atoms with Gasteiger partial charge in [-0.3, -0.25) is 5.32 Å². The van der Waals surface area contributed by atoms with Gasteiger partial charge < -0.3 is 0 Å². The second-order valence-corrected chi connectivity index (χ2v) is 5.12. The van der Waals surface area contributed by atoms with Gasteiger partial charge in [0.2, 0.25) is 0 Å². The third kappa shape index (κ3) is 4.41. The summed E-state index contributed by atoms with van der Waals surface area (Å²) in [7, 11) is 0. The molecule has 93 valence electrons. The van der Waals surface area contributed by atoms with Crippen molar-refractivity contribution in [2.24, 2.45) is 0 Å². The van der Waals surface area contributed by atoms with E-state index in [1.165, 1.54) is 75.5 Å². The summed E-state index contributed by atoms with van der Waals surface area (Å²) < 4.78 is 0. The van der Waals surface area contributed by atoms with Crippen LogP contribution >= 0.6 is 0 Å². The van der Waals surface area contributed by atoms with Crippen LogP contribution in [0.3, 0.4) is 0 Å². The van der Waals surface area contributed by atoms with Crippen molar-refractivity contribution >= 4 is 0 Å². The van der Waals surface area contributed by atoms with E-state index in [1.54, 1.807) is 0 Å². The molecule has 2 aliphatic rings. The minimum absolute atomic E-state index is 1.21. The molecule has 0 spiro atoms. The van der Waals surface area contributed by atoms with E-state index in [1.807, 2.05) is 12.3 Å². The SMILES string of the molecule is C1=C[N]C(/C2=C\CCCCCCCCCC2)=C1. The molecule has 2 rings (SSSR count). The van der Waals surface area contributed by atoms with Gasteiger partial charge >= 0.3 is 0 Å². The molecule has 0 amide bonds. The Kier molecular flexibility index (Phi) is 5.41. The maximum absolute atomic E-state index is 4.44. The monoisotopic (exact) mass is 230 g/mol. The lowest BCUT2D eigenvalue weighted by Crippen LogP contribution is -1.98. The van der Waals surface area contributed by atoms with Crippen molar-refractivity contribution in [2.75, 3.05) is 0 Å². The van der Waals surface area contributed by atoms with Crippen LogP contribution in [0.25, 0.3) is 0 Å². The summed E-state index contributed by atoms with van der Waals surface area (Å²) in [5, 5.41) is 4.44. The highest BCUT2D eigenvalue weighted by atomic mass is 14.9. The minimum atomic E-state index is 1.21. The quantitative estimate of drug-likeness (QED) is 0.612. The molecule has 1 heteroatoms. The van der Waals surface area contributed by atoms with Crippen LogP contribution in [0.4, 0.5) is 0 Å². The smallest absolute Gasteiger partial charge is 0.0658 e. The highest BCUT2D eigenvalue weighted by Gasteiger charge is 2.07. The third-order valence-corrected chi connectivity index (χ3v) is 3.67. The van der Waals surface area contributed by atoms with Gasteiger partial charge in [-0.05, 0) is 43.4 Å². The van der Waals surface area contributed by atoms with E-state index >= 15 is 0 Å². The molecule has 17 heavy (non-hydrogen) atoms. The number of nitrogens with zero attached hydrogens (tertiary/aromatic N) is 1. The van der Waals surface area contributed by atoms with E-state index in [0.717, 1.165) is 0 Å². The zero-order valence-electron chi connectivity index (χ0n) is 10.8. The Morgan fingerprint density at radius 3 is 2.24 bits per heavy atom. The lowest BCUT2D eigenvalue weighted by molar-refractivity contribution is 0.562. The van der Waals surface area contributed by atoms with Crippen molar-refractivity contribution in [3.63, 3.8) is 0 Å². The predicted octanol–water partition coefficient (Wildman–Crippen LogP) is 4.84. The molecule has 0 saturated heterocycles. The van der Waals surface area contributed by atoms with Gasteiger partial charge in [0.1, 0.15) is 0 Å². The second-order valence-electron chi connectivity index (χ2n) is 5.12. The molecule has 1 radical (unpaired) electrons. The summed E-state index contributed by atoms with van der Waals surface area (Å²) in [6.45, 7) is 0. The molecule has 0 unspecified atom stereocenters. The first-order valence-electron chi connectivity index (χ1n) is 7.24. The normalized spacial score (nSPS) is 26.1. The highest BCUT2D eigenvalue weighted by Crippen LogP contribution is 2.22. The van der Waals surface area contributed by atoms with Gasteiger partial charge in [-0.2, -0.15) is 0 Å². The zero-order valence-corrected chi connectivity index (χ0v) is 10.8. The molecule has 0 bridgehead atoms. The Labute approximate surface area is 106 Å². The topological polar surface area (TPSA) is 14.1 Å². The number of allylic oxidation sites excluding steroid dienone is 4. The zero-order chi connectivity index (χ0) is 11.8. The Morgan fingerprint density at radius 1 is 0.824 bits per heavy atom. The lowest BCUT2D eigenvalue weighted by Gasteiger charge is -2.10. The fourth-order valence-corrected chi connectivity index (χ4v) is 2.62. The first-order chi connectivity index (χ1) is 8.47. The van der Waals surface area contributed by atoms with E-state index in [9.17, 15) is 0 Å². The van der Waals surface area contributed by atoms with E-state index in [0.29, 0.717) is 0 Å². The molecule has 0 aromatic heterocycles. The van der Waals surface area contributed by atoms with Gasteiger partial charge in [0, 0.05) is 6.20 Å². The van der Waals surface area contributed by atoms with Gasteiger partial charge in [0.15, 0.2) is 0 Å². The fraction of sp³-hybridized carbons (Fsp3) is 0.625. The molecule has 0 N–H and O–H groups in total. The maximum Gasteiger partial charge on any atom is 0.0658 e. The van der Waals surface area contributed by atoms with E-state index in [2.05, 4.69) is 17.5 Å². The molecule has 1 nitrogen and oxygen atoms in total. The molecule has 0 atom stereocenters. The van der Waals surface area contributed by atoms with Gasteiger partial charge in [-0.15, -0.1) is 0 Å². The van der Waals surface area contributed by atoms with Gasteiger partial charge in [-0.25, -0.2) is 0 Å². The molecule has 1 aliphatic carbocycles. The molecule has 1 heterocycles. The van der Waals surface area contributed by atoms with Crippen LogP contribution in [0, 0.1) is 0 Å². The number of hydrogen-bond acceptors (Lipinski definition) is 0. The highest BCUT2D eigenvalue weighted by molar-refractivity contribution is 5.36. The van der Waals surface area contributed by atoms with Crippen molar-refractivity contribution in [2.45, 2.75) is 64.2 Å². The molecule has 0 saturated carbocycles. The van der Waals surface area contributed by atoms with Crippen LogP contribution in [-0.2, 0) is 0 Å². The molecular weight excluding hydrogens is 206 g/mol. The molecular formula is C16H24N. The van der Waals surface area contributed by atoms with Crippen molar-refractivity contribution in [3.05, 3.63) is 35.7 Å². The summed E-state index contributed by atoms with van der Waals surface area (Å²) in [5.74, 6) is 0. The largest absolute Gasteiger partial charge is 0.257 e. The van der Waals surface area contributed by atoms with E-state index < -0.39 is 0 Å². The van der Waals surface area contributed by atoms with Gasteiger partial charge in [0.05, 0.1) is 5.70 Å². The van der Waals surface area contributed by atoms with Crippen LogP contribution in [0.15, 0.2) is 35.7 Å². The van der Waals surface area contributed by atoms with Crippen LogP contribution < -0.4 is 5.32 Å². The van der Waals surface area contributed by atoms with Crippen LogP contribution in [0.1, 0.15) is 64.2 Å². The number of rotatable bonds is 1. The Bertz CT molecular complexity index is 309. The molecule has 0 aromatic carbocycles. The minimum Gasteiger partial charge on any atom is -0.257 e. The Balaban J connectivity index is 1.90. The van der Waals surface area contributed by atoms with Crippen LogP contribution in [0.5, 0.6) is 0 Å². The average Bonchev–Trinajstić information content (AvgIpc) is 2.83. The van der Waals surface area contributed by atoms with Crippen molar-refractivity contribution in [3.8, 4) is 0 Å². The summed E-state index contributed by atoms with van der Waals surface area (Å²) in [6, 6.07) is 0. The summed E-state index contributed by atoms with van der Waals surface area (Å²) in [4.78, 5) is 0. The first kappa shape index (κ1) is 12.5. The number of hydrogen-bond donors (Lipinski definition) is 0. The summed E-state index contributed by atoms with van der Waals surface area (Å²) in [5.41, 5.74) is 2.69. The molecule has 0 aromatic rings. The first-order valence-corrected chi connectivity index (χ1v) is 7.24. The molecule has 0 fully saturated rings.